The highest BCUT2D eigenvalue weighted by Crippen LogP contribution is 2.23. The first-order valence-electron chi connectivity index (χ1n) is 6.39. The lowest BCUT2D eigenvalue weighted by Gasteiger charge is -2.02. The van der Waals surface area contributed by atoms with Crippen molar-refractivity contribution < 1.29 is 21.8 Å². The largest absolute Gasteiger partial charge is 0.341 e. The molecule has 1 aromatic heterocycles. The number of aryl methyl sites for hydroxylation is 2. The van der Waals surface area contributed by atoms with E-state index in [1.54, 1.807) is 6.07 Å². The molecule has 0 saturated heterocycles. The SMILES string of the molecule is CCn1c(C)[n+](CC)c2ccc(S(=O)(=O)C(F)F)cc21. The fourth-order valence-corrected chi connectivity index (χ4v) is 3.26. The first-order chi connectivity index (χ1) is 9.34. The maximum Gasteiger partial charge on any atom is 0.341 e. The van der Waals surface area contributed by atoms with Crippen LogP contribution in [0, 0.1) is 6.92 Å². The molecule has 2 aromatic rings. The van der Waals surface area contributed by atoms with Gasteiger partial charge in [0.1, 0.15) is 0 Å². The molecule has 0 fully saturated rings. The van der Waals surface area contributed by atoms with Crippen molar-refractivity contribution in [1.82, 2.24) is 4.57 Å². The zero-order chi connectivity index (χ0) is 15.1. The van der Waals surface area contributed by atoms with E-state index in [1.165, 1.54) is 12.1 Å². The number of hydrogen-bond donors (Lipinski definition) is 0. The van der Waals surface area contributed by atoms with Crippen molar-refractivity contribution >= 4 is 20.9 Å². The van der Waals surface area contributed by atoms with Gasteiger partial charge in [-0.05, 0) is 26.0 Å². The molecule has 1 aromatic carbocycles. The molecule has 0 aliphatic heterocycles. The second-order valence-corrected chi connectivity index (χ2v) is 6.41. The fraction of sp³-hybridized carbons (Fsp3) is 0.462. The van der Waals surface area contributed by atoms with Crippen molar-refractivity contribution in [3.8, 4) is 0 Å². The van der Waals surface area contributed by atoms with Crippen LogP contribution >= 0.6 is 0 Å². The Hall–Kier alpha value is -1.50. The lowest BCUT2D eigenvalue weighted by molar-refractivity contribution is -0.674. The van der Waals surface area contributed by atoms with E-state index in [0.717, 1.165) is 17.9 Å². The van der Waals surface area contributed by atoms with Crippen molar-refractivity contribution in [2.75, 3.05) is 0 Å². The summed E-state index contributed by atoms with van der Waals surface area (Å²) in [5, 5.41) is 0. The van der Waals surface area contributed by atoms with Crippen LogP contribution in [0.1, 0.15) is 19.7 Å². The molecule has 0 atom stereocenters. The molecule has 0 N–H and O–H groups in total. The number of sulfone groups is 1. The number of fused-ring (bicyclic) bond motifs is 1. The van der Waals surface area contributed by atoms with Gasteiger partial charge >= 0.3 is 5.76 Å². The quantitative estimate of drug-likeness (QED) is 0.813. The summed E-state index contributed by atoms with van der Waals surface area (Å²) in [6.07, 6.45) is 0. The monoisotopic (exact) mass is 303 g/mol. The molecule has 2 rings (SSSR count). The summed E-state index contributed by atoms with van der Waals surface area (Å²) in [4.78, 5) is -0.338. The Balaban J connectivity index is 2.78. The summed E-state index contributed by atoms with van der Waals surface area (Å²) in [5.74, 6) is -2.43. The Bertz CT molecular complexity index is 751. The Morgan fingerprint density at radius 2 is 1.95 bits per heavy atom. The topological polar surface area (TPSA) is 43.0 Å². The van der Waals surface area contributed by atoms with Crippen LogP contribution in [-0.2, 0) is 22.9 Å². The summed E-state index contributed by atoms with van der Waals surface area (Å²) in [6, 6.07) is 4.17. The van der Waals surface area contributed by atoms with Gasteiger partial charge in [-0.1, -0.05) is 0 Å². The standard InChI is InChI=1S/C13H17F2N2O2S/c1-4-16-9(3)17(5-2)12-8-10(6-7-11(12)16)20(18,19)13(14)15/h6-8,13H,4-5H2,1-3H3/q+1. The molecule has 110 valence electrons. The van der Waals surface area contributed by atoms with Gasteiger partial charge in [-0.25, -0.2) is 17.6 Å². The van der Waals surface area contributed by atoms with Gasteiger partial charge in [0.25, 0.3) is 5.82 Å². The molecular weight excluding hydrogens is 286 g/mol. The zero-order valence-corrected chi connectivity index (χ0v) is 12.4. The van der Waals surface area contributed by atoms with Gasteiger partial charge in [-0.3, -0.25) is 0 Å². The summed E-state index contributed by atoms with van der Waals surface area (Å²) in [7, 11) is -4.56. The van der Waals surface area contributed by atoms with Gasteiger partial charge in [-0.2, -0.15) is 8.78 Å². The molecule has 7 heteroatoms. The molecule has 4 nitrogen and oxygen atoms in total. The highest BCUT2D eigenvalue weighted by atomic mass is 32.2. The molecule has 20 heavy (non-hydrogen) atoms. The molecule has 0 saturated carbocycles. The normalized spacial score (nSPS) is 12.5. The molecule has 1 heterocycles. The van der Waals surface area contributed by atoms with Gasteiger partial charge in [0.05, 0.1) is 18.0 Å². The van der Waals surface area contributed by atoms with Gasteiger partial charge in [0, 0.05) is 13.0 Å². The average Bonchev–Trinajstić information content (AvgIpc) is 2.68. The highest BCUT2D eigenvalue weighted by Gasteiger charge is 2.29. The number of halogens is 2. The lowest BCUT2D eigenvalue weighted by atomic mass is 10.3. The van der Waals surface area contributed by atoms with Crippen LogP contribution in [0.4, 0.5) is 8.78 Å². The van der Waals surface area contributed by atoms with Crippen molar-refractivity contribution in [1.29, 1.82) is 0 Å². The number of alkyl halides is 2. The fourth-order valence-electron chi connectivity index (χ4n) is 2.52. The molecule has 0 unspecified atom stereocenters. The van der Waals surface area contributed by atoms with Crippen LogP contribution in [0.15, 0.2) is 23.1 Å². The average molecular weight is 303 g/mol. The maximum absolute atomic E-state index is 12.6. The van der Waals surface area contributed by atoms with E-state index in [-0.39, 0.29) is 4.90 Å². The molecule has 0 amide bonds. The van der Waals surface area contributed by atoms with E-state index in [0.29, 0.717) is 12.1 Å². The Morgan fingerprint density at radius 1 is 1.30 bits per heavy atom. The number of benzene rings is 1. The van der Waals surface area contributed by atoms with E-state index in [1.807, 2.05) is 29.9 Å². The second-order valence-electron chi connectivity index (χ2n) is 4.49. The van der Waals surface area contributed by atoms with Gasteiger partial charge in [0.15, 0.2) is 11.0 Å². The smallest absolute Gasteiger partial charge is 0.228 e. The maximum atomic E-state index is 12.6. The van der Waals surface area contributed by atoms with E-state index >= 15 is 0 Å². The Kier molecular flexibility index (Phi) is 3.82. The molecule has 0 radical (unpaired) electrons. The van der Waals surface area contributed by atoms with E-state index < -0.39 is 15.6 Å². The number of rotatable bonds is 4. The number of hydrogen-bond acceptors (Lipinski definition) is 2. The van der Waals surface area contributed by atoms with E-state index in [4.69, 9.17) is 0 Å². The molecule has 0 bridgehead atoms. The van der Waals surface area contributed by atoms with Crippen LogP contribution in [-0.4, -0.2) is 18.7 Å². The first kappa shape index (κ1) is 14.9. The van der Waals surface area contributed by atoms with Crippen LogP contribution in [0.25, 0.3) is 11.0 Å². The minimum Gasteiger partial charge on any atom is -0.228 e. The van der Waals surface area contributed by atoms with E-state index in [9.17, 15) is 17.2 Å². The van der Waals surface area contributed by atoms with Crippen molar-refractivity contribution in [3.63, 3.8) is 0 Å². The second kappa shape index (κ2) is 5.12. The number of nitrogens with zero attached hydrogens (tertiary/aromatic N) is 2. The third-order valence-electron chi connectivity index (χ3n) is 3.51. The highest BCUT2D eigenvalue weighted by molar-refractivity contribution is 7.91. The summed E-state index contributed by atoms with van der Waals surface area (Å²) < 4.78 is 52.3. The first-order valence-corrected chi connectivity index (χ1v) is 7.94. The van der Waals surface area contributed by atoms with Crippen molar-refractivity contribution in [2.45, 2.75) is 44.5 Å². The van der Waals surface area contributed by atoms with Crippen LogP contribution in [0.3, 0.4) is 0 Å². The third-order valence-corrected chi connectivity index (χ3v) is 4.89. The molecular formula is C13H17F2N2O2S+. The predicted octanol–water partition coefficient (Wildman–Crippen LogP) is 2.27. The minimum atomic E-state index is -4.56. The minimum absolute atomic E-state index is 0.338. The summed E-state index contributed by atoms with van der Waals surface area (Å²) in [6.45, 7) is 7.22. The van der Waals surface area contributed by atoms with Crippen molar-refractivity contribution in [2.24, 2.45) is 0 Å². The Morgan fingerprint density at radius 3 is 2.45 bits per heavy atom. The third kappa shape index (κ3) is 2.09. The van der Waals surface area contributed by atoms with Gasteiger partial charge < -0.3 is 0 Å². The molecule has 0 spiro atoms. The van der Waals surface area contributed by atoms with Gasteiger partial charge in [-0.15, -0.1) is 0 Å². The van der Waals surface area contributed by atoms with Crippen molar-refractivity contribution in [3.05, 3.63) is 24.0 Å². The van der Waals surface area contributed by atoms with Crippen LogP contribution in [0.2, 0.25) is 0 Å². The molecule has 0 aliphatic rings. The Labute approximate surface area is 116 Å². The predicted molar refractivity (Wildman–Crippen MR) is 71.4 cm³/mol. The molecule has 0 aliphatic carbocycles. The lowest BCUT2D eigenvalue weighted by Crippen LogP contribution is -2.35. The number of imidazole rings is 1. The van der Waals surface area contributed by atoms with E-state index in [2.05, 4.69) is 0 Å². The summed E-state index contributed by atoms with van der Waals surface area (Å²) >= 11 is 0. The van der Waals surface area contributed by atoms with Crippen LogP contribution in [0.5, 0.6) is 0 Å². The van der Waals surface area contributed by atoms with Crippen LogP contribution < -0.4 is 4.57 Å². The zero-order valence-electron chi connectivity index (χ0n) is 11.6. The number of aromatic nitrogens is 2. The summed E-state index contributed by atoms with van der Waals surface area (Å²) in [5.41, 5.74) is 1.51. The van der Waals surface area contributed by atoms with Gasteiger partial charge in [0.2, 0.25) is 9.84 Å².